The van der Waals surface area contributed by atoms with E-state index in [2.05, 4.69) is 0 Å². The van der Waals surface area contributed by atoms with Gasteiger partial charge in [-0.2, -0.15) is 13.2 Å². The number of nitrogens with one attached hydrogen (secondary N) is 1. The van der Waals surface area contributed by atoms with Crippen LogP contribution in [0.15, 0.2) is 48.5 Å². The highest BCUT2D eigenvalue weighted by molar-refractivity contribution is 5.85. The van der Waals surface area contributed by atoms with Crippen LogP contribution in [0.5, 0.6) is 0 Å². The van der Waals surface area contributed by atoms with Crippen molar-refractivity contribution in [1.29, 1.82) is 0 Å². The molecule has 2 aromatic carbocycles. The Morgan fingerprint density at radius 3 is 2.15 bits per heavy atom. The first-order valence-corrected chi connectivity index (χ1v) is 10.4. The van der Waals surface area contributed by atoms with E-state index in [-0.39, 0.29) is 31.9 Å². The molecule has 2 amide bonds. The molecule has 1 aliphatic heterocycles. The molecule has 0 aromatic heterocycles. The van der Waals surface area contributed by atoms with Crippen molar-refractivity contribution >= 4 is 18.0 Å². The van der Waals surface area contributed by atoms with Gasteiger partial charge < -0.3 is 15.2 Å². The predicted octanol–water partition coefficient (Wildman–Crippen LogP) is 3.53. The third-order valence-electron chi connectivity index (χ3n) is 6.03. The van der Waals surface area contributed by atoms with Crippen LogP contribution < -0.4 is 5.32 Å². The summed E-state index contributed by atoms with van der Waals surface area (Å²) in [4.78, 5) is 36.9. The van der Waals surface area contributed by atoms with Crippen molar-refractivity contribution in [2.45, 2.75) is 37.0 Å². The van der Waals surface area contributed by atoms with Crippen LogP contribution in [-0.4, -0.2) is 59.4 Å². The van der Waals surface area contributed by atoms with E-state index >= 15 is 0 Å². The quantitative estimate of drug-likeness (QED) is 0.725. The number of likely N-dealkylation sites (tertiary alicyclic amines) is 1. The van der Waals surface area contributed by atoms with Crippen LogP contribution in [0.3, 0.4) is 0 Å². The van der Waals surface area contributed by atoms with Gasteiger partial charge in [-0.25, -0.2) is 9.59 Å². The number of carbonyl (C=O) groups is 3. The Hall–Kier alpha value is -3.56. The van der Waals surface area contributed by atoms with E-state index in [4.69, 9.17) is 4.74 Å². The molecular formula is C23H21F3N2O5. The lowest BCUT2D eigenvalue weighted by atomic mass is 9.96. The standard InChI is InChI=1S/C23H21F3N2O5/c24-23(25,26)21(31)27-18-10-5-11-28(19(18)20(29)30)22(32)33-12-17-15-8-3-1-6-13(15)14-7-2-4-9-16(14)17/h1-4,6-9,17-19H,5,10-12H2,(H,27,31)(H,29,30)/t18-,19+/m1/s1. The number of carboxylic acid groups (broad SMARTS) is 1. The summed E-state index contributed by atoms with van der Waals surface area (Å²) < 4.78 is 43.4. The number of ether oxygens (including phenoxy) is 1. The van der Waals surface area contributed by atoms with E-state index in [1.807, 2.05) is 48.5 Å². The van der Waals surface area contributed by atoms with Crippen molar-refractivity contribution in [3.63, 3.8) is 0 Å². The summed E-state index contributed by atoms with van der Waals surface area (Å²) in [6.45, 7) is -0.0681. The minimum Gasteiger partial charge on any atom is -0.480 e. The van der Waals surface area contributed by atoms with E-state index in [1.165, 1.54) is 0 Å². The van der Waals surface area contributed by atoms with E-state index < -0.39 is 36.2 Å². The highest BCUT2D eigenvalue weighted by Crippen LogP contribution is 2.44. The predicted molar refractivity (Wildman–Crippen MR) is 110 cm³/mol. The van der Waals surface area contributed by atoms with Crippen molar-refractivity contribution in [1.82, 2.24) is 10.2 Å². The molecule has 10 heteroatoms. The highest BCUT2D eigenvalue weighted by Gasteiger charge is 2.46. The third kappa shape index (κ3) is 4.37. The summed E-state index contributed by atoms with van der Waals surface area (Å²) >= 11 is 0. The van der Waals surface area contributed by atoms with Gasteiger partial charge in [0, 0.05) is 12.5 Å². The molecule has 7 nitrogen and oxygen atoms in total. The number of carboxylic acids is 1. The van der Waals surface area contributed by atoms with Crippen LogP contribution in [0.4, 0.5) is 18.0 Å². The van der Waals surface area contributed by atoms with Gasteiger partial charge in [0.05, 0.1) is 6.04 Å². The molecule has 4 rings (SSSR count). The van der Waals surface area contributed by atoms with Gasteiger partial charge in [-0.1, -0.05) is 48.5 Å². The molecule has 1 heterocycles. The maximum Gasteiger partial charge on any atom is 0.471 e. The fourth-order valence-corrected chi connectivity index (χ4v) is 4.58. The van der Waals surface area contributed by atoms with Crippen molar-refractivity contribution in [3.05, 3.63) is 59.7 Å². The Bertz CT molecular complexity index is 1040. The SMILES string of the molecule is O=C(O)[C@@H]1[C@H](NC(=O)C(F)(F)F)CCCN1C(=O)OCC1c2ccccc2-c2ccccc21. The molecule has 1 aliphatic carbocycles. The van der Waals surface area contributed by atoms with Crippen LogP contribution in [0.2, 0.25) is 0 Å². The fourth-order valence-electron chi connectivity index (χ4n) is 4.58. The normalized spacial score (nSPS) is 20.0. The summed E-state index contributed by atoms with van der Waals surface area (Å²) in [7, 11) is 0. The number of nitrogens with zero attached hydrogens (tertiary/aromatic N) is 1. The van der Waals surface area contributed by atoms with Gasteiger partial charge in [0.15, 0.2) is 6.04 Å². The van der Waals surface area contributed by atoms with E-state index in [0.29, 0.717) is 0 Å². The second-order valence-corrected chi connectivity index (χ2v) is 8.00. The topological polar surface area (TPSA) is 95.9 Å². The highest BCUT2D eigenvalue weighted by atomic mass is 19.4. The molecule has 174 valence electrons. The van der Waals surface area contributed by atoms with Crippen LogP contribution in [0.25, 0.3) is 11.1 Å². The monoisotopic (exact) mass is 462 g/mol. The smallest absolute Gasteiger partial charge is 0.471 e. The molecule has 0 unspecified atom stereocenters. The molecule has 0 saturated carbocycles. The first-order valence-electron chi connectivity index (χ1n) is 10.4. The van der Waals surface area contributed by atoms with E-state index in [1.54, 1.807) is 5.32 Å². The van der Waals surface area contributed by atoms with Gasteiger partial charge in [-0.15, -0.1) is 0 Å². The fraction of sp³-hybridized carbons (Fsp3) is 0.348. The number of fused-ring (bicyclic) bond motifs is 3. The number of hydrogen-bond acceptors (Lipinski definition) is 4. The molecule has 0 radical (unpaired) electrons. The Morgan fingerprint density at radius 1 is 1.03 bits per heavy atom. The lowest BCUT2D eigenvalue weighted by Gasteiger charge is -2.38. The van der Waals surface area contributed by atoms with Crippen molar-refractivity contribution in [2.75, 3.05) is 13.2 Å². The average Bonchev–Trinajstić information content (AvgIpc) is 3.10. The summed E-state index contributed by atoms with van der Waals surface area (Å²) in [5.41, 5.74) is 3.97. The van der Waals surface area contributed by atoms with Gasteiger partial charge in [-0.3, -0.25) is 9.69 Å². The van der Waals surface area contributed by atoms with Crippen molar-refractivity contribution in [3.8, 4) is 11.1 Å². The Morgan fingerprint density at radius 2 is 1.61 bits per heavy atom. The van der Waals surface area contributed by atoms with Gasteiger partial charge in [0.1, 0.15) is 6.61 Å². The molecule has 2 aromatic rings. The molecule has 2 atom stereocenters. The van der Waals surface area contributed by atoms with Gasteiger partial charge >= 0.3 is 24.1 Å². The van der Waals surface area contributed by atoms with E-state index in [0.717, 1.165) is 27.2 Å². The van der Waals surface area contributed by atoms with Gasteiger partial charge in [0.2, 0.25) is 0 Å². The lowest BCUT2D eigenvalue weighted by molar-refractivity contribution is -0.175. The van der Waals surface area contributed by atoms with Gasteiger partial charge in [0.25, 0.3) is 0 Å². The van der Waals surface area contributed by atoms with Crippen molar-refractivity contribution in [2.24, 2.45) is 0 Å². The summed E-state index contributed by atoms with van der Waals surface area (Å²) in [5.74, 6) is -4.01. The van der Waals surface area contributed by atoms with Crippen molar-refractivity contribution < 1.29 is 37.4 Å². The molecule has 2 N–H and O–H groups in total. The first kappa shape index (κ1) is 22.6. The number of alkyl halides is 3. The number of aliphatic carboxylic acids is 1. The molecule has 1 fully saturated rings. The molecule has 1 saturated heterocycles. The Labute approximate surface area is 187 Å². The number of amides is 2. The lowest BCUT2D eigenvalue weighted by Crippen LogP contribution is -2.61. The van der Waals surface area contributed by atoms with Crippen LogP contribution in [0, 0.1) is 0 Å². The maximum atomic E-state index is 12.8. The second kappa shape index (κ2) is 8.76. The number of carbonyl (C=O) groups excluding carboxylic acids is 2. The Kier molecular flexibility index (Phi) is 6.01. The maximum absolute atomic E-state index is 12.8. The molecule has 33 heavy (non-hydrogen) atoms. The zero-order valence-corrected chi connectivity index (χ0v) is 17.3. The molecule has 0 bridgehead atoms. The zero-order chi connectivity index (χ0) is 23.8. The average molecular weight is 462 g/mol. The number of benzene rings is 2. The Balaban J connectivity index is 1.50. The van der Waals surface area contributed by atoms with E-state index in [9.17, 15) is 32.7 Å². The summed E-state index contributed by atoms with van der Waals surface area (Å²) in [6, 6.07) is 12.3. The largest absolute Gasteiger partial charge is 0.480 e. The summed E-state index contributed by atoms with van der Waals surface area (Å²) in [5, 5.41) is 11.3. The molecular weight excluding hydrogens is 441 g/mol. The van der Waals surface area contributed by atoms with Crippen LogP contribution >= 0.6 is 0 Å². The molecule has 0 spiro atoms. The zero-order valence-electron chi connectivity index (χ0n) is 17.3. The number of halogens is 3. The summed E-state index contributed by atoms with van der Waals surface area (Å²) in [6.07, 6.45) is -5.90. The number of piperidine rings is 1. The second-order valence-electron chi connectivity index (χ2n) is 8.00. The molecule has 2 aliphatic rings. The number of hydrogen-bond donors (Lipinski definition) is 2. The minimum atomic E-state index is -5.16. The van der Waals surface area contributed by atoms with Crippen LogP contribution in [0.1, 0.15) is 29.9 Å². The van der Waals surface area contributed by atoms with Gasteiger partial charge in [-0.05, 0) is 35.1 Å². The third-order valence-corrected chi connectivity index (χ3v) is 6.03. The minimum absolute atomic E-state index is 0.00791. The first-order chi connectivity index (χ1) is 15.7. The van der Waals surface area contributed by atoms with Crippen LogP contribution in [-0.2, 0) is 14.3 Å². The number of rotatable bonds is 4.